The van der Waals surface area contributed by atoms with Gasteiger partial charge in [0.15, 0.2) is 0 Å². The van der Waals surface area contributed by atoms with Crippen LogP contribution in [0.4, 0.5) is 0 Å². The molecule has 2 aromatic rings. The van der Waals surface area contributed by atoms with E-state index < -0.39 is 0 Å². The van der Waals surface area contributed by atoms with Gasteiger partial charge in [-0.1, -0.05) is 45.0 Å². The van der Waals surface area contributed by atoms with Crippen molar-refractivity contribution in [3.8, 4) is 0 Å². The molecule has 0 saturated carbocycles. The first-order chi connectivity index (χ1) is 10.2. The van der Waals surface area contributed by atoms with Gasteiger partial charge in [-0.3, -0.25) is 0 Å². The molecule has 1 atom stereocenters. The highest BCUT2D eigenvalue weighted by Gasteiger charge is 2.17. The van der Waals surface area contributed by atoms with E-state index in [-0.39, 0.29) is 6.04 Å². The SMILES string of the molecule is CCNC(c1ccc(COC)cc1)c1nc(C(C)C)cs1. The third kappa shape index (κ3) is 4.13. The summed E-state index contributed by atoms with van der Waals surface area (Å²) in [5.74, 6) is 0.473. The predicted molar refractivity (Wildman–Crippen MR) is 88.9 cm³/mol. The molecule has 21 heavy (non-hydrogen) atoms. The number of hydrogen-bond donors (Lipinski definition) is 1. The van der Waals surface area contributed by atoms with Crippen LogP contribution in [0.1, 0.15) is 54.6 Å². The molecule has 1 N–H and O–H groups in total. The summed E-state index contributed by atoms with van der Waals surface area (Å²) in [5, 5.41) is 6.84. The van der Waals surface area contributed by atoms with Gasteiger partial charge in [0.1, 0.15) is 5.01 Å². The third-order valence-corrected chi connectivity index (χ3v) is 4.34. The quantitative estimate of drug-likeness (QED) is 0.836. The third-order valence-electron chi connectivity index (χ3n) is 3.41. The van der Waals surface area contributed by atoms with E-state index in [0.29, 0.717) is 12.5 Å². The van der Waals surface area contributed by atoms with Crippen LogP contribution in [-0.2, 0) is 11.3 Å². The summed E-state index contributed by atoms with van der Waals surface area (Å²) < 4.78 is 5.16. The molecule has 0 aliphatic rings. The number of nitrogens with zero attached hydrogens (tertiary/aromatic N) is 1. The van der Waals surface area contributed by atoms with E-state index in [9.17, 15) is 0 Å². The van der Waals surface area contributed by atoms with E-state index in [1.807, 2.05) is 0 Å². The molecule has 0 radical (unpaired) electrons. The Hall–Kier alpha value is -1.23. The Morgan fingerprint density at radius 2 is 1.95 bits per heavy atom. The molecule has 1 heterocycles. The first-order valence-electron chi connectivity index (χ1n) is 7.42. The highest BCUT2D eigenvalue weighted by Crippen LogP contribution is 2.27. The molecule has 0 saturated heterocycles. The van der Waals surface area contributed by atoms with E-state index >= 15 is 0 Å². The molecule has 0 aliphatic heterocycles. The van der Waals surface area contributed by atoms with E-state index in [4.69, 9.17) is 9.72 Å². The molecule has 0 bridgehead atoms. The maximum atomic E-state index is 5.16. The highest BCUT2D eigenvalue weighted by atomic mass is 32.1. The van der Waals surface area contributed by atoms with Crippen LogP contribution in [0.5, 0.6) is 0 Å². The summed E-state index contributed by atoms with van der Waals surface area (Å²) in [5.41, 5.74) is 3.62. The van der Waals surface area contributed by atoms with E-state index in [0.717, 1.165) is 11.6 Å². The first-order valence-corrected chi connectivity index (χ1v) is 8.30. The summed E-state index contributed by atoms with van der Waals surface area (Å²) in [7, 11) is 1.72. The molecule has 1 aromatic carbocycles. The van der Waals surface area contributed by atoms with Gasteiger partial charge >= 0.3 is 0 Å². The summed E-state index contributed by atoms with van der Waals surface area (Å²) in [6.45, 7) is 8.06. The first kappa shape index (κ1) is 16.1. The van der Waals surface area contributed by atoms with Crippen molar-refractivity contribution in [3.05, 3.63) is 51.5 Å². The fraction of sp³-hybridized carbons (Fsp3) is 0.471. The van der Waals surface area contributed by atoms with Gasteiger partial charge < -0.3 is 10.1 Å². The molecule has 3 nitrogen and oxygen atoms in total. The maximum Gasteiger partial charge on any atom is 0.114 e. The van der Waals surface area contributed by atoms with Crippen LogP contribution in [-0.4, -0.2) is 18.6 Å². The average molecular weight is 304 g/mol. The molecule has 0 amide bonds. The van der Waals surface area contributed by atoms with Gasteiger partial charge in [-0.2, -0.15) is 0 Å². The fourth-order valence-electron chi connectivity index (χ4n) is 2.22. The van der Waals surface area contributed by atoms with Crippen molar-refractivity contribution in [2.45, 2.75) is 39.3 Å². The number of rotatable bonds is 7. The lowest BCUT2D eigenvalue weighted by Crippen LogP contribution is -2.22. The topological polar surface area (TPSA) is 34.1 Å². The number of nitrogens with one attached hydrogen (secondary N) is 1. The van der Waals surface area contributed by atoms with Gasteiger partial charge in [0.25, 0.3) is 0 Å². The van der Waals surface area contributed by atoms with Crippen molar-refractivity contribution in [3.63, 3.8) is 0 Å². The summed E-state index contributed by atoms with van der Waals surface area (Å²) in [4.78, 5) is 4.80. The average Bonchev–Trinajstić information content (AvgIpc) is 2.96. The van der Waals surface area contributed by atoms with Gasteiger partial charge in [-0.25, -0.2) is 4.98 Å². The molecule has 4 heteroatoms. The van der Waals surface area contributed by atoms with Gasteiger partial charge in [0, 0.05) is 12.5 Å². The molecule has 0 spiro atoms. The number of hydrogen-bond acceptors (Lipinski definition) is 4. The van der Waals surface area contributed by atoms with Crippen molar-refractivity contribution in [2.75, 3.05) is 13.7 Å². The lowest BCUT2D eigenvalue weighted by molar-refractivity contribution is 0.185. The molecule has 1 unspecified atom stereocenters. The Labute approximate surface area is 131 Å². The van der Waals surface area contributed by atoms with Crippen molar-refractivity contribution >= 4 is 11.3 Å². The highest BCUT2D eigenvalue weighted by molar-refractivity contribution is 7.09. The zero-order valence-corrected chi connectivity index (χ0v) is 14.0. The smallest absolute Gasteiger partial charge is 0.114 e. The normalized spacial score (nSPS) is 12.8. The standard InChI is InChI=1S/C17H24N2OS/c1-5-18-16(17-19-15(11-21-17)12(2)3)14-8-6-13(7-9-14)10-20-4/h6-9,11-12,16,18H,5,10H2,1-4H3. The fourth-order valence-corrected chi connectivity index (χ4v) is 3.30. The van der Waals surface area contributed by atoms with Crippen LogP contribution in [0.3, 0.4) is 0 Å². The van der Waals surface area contributed by atoms with Crippen molar-refractivity contribution < 1.29 is 4.74 Å². The van der Waals surface area contributed by atoms with Crippen LogP contribution in [0, 0.1) is 0 Å². The van der Waals surface area contributed by atoms with Crippen LogP contribution < -0.4 is 5.32 Å². The van der Waals surface area contributed by atoms with Gasteiger partial charge in [-0.15, -0.1) is 11.3 Å². The minimum Gasteiger partial charge on any atom is -0.380 e. The number of benzene rings is 1. The van der Waals surface area contributed by atoms with Crippen molar-refractivity contribution in [1.82, 2.24) is 10.3 Å². The second-order valence-electron chi connectivity index (χ2n) is 5.43. The largest absolute Gasteiger partial charge is 0.380 e. The summed E-state index contributed by atoms with van der Waals surface area (Å²) in [6.07, 6.45) is 0. The van der Waals surface area contributed by atoms with Gasteiger partial charge in [0.2, 0.25) is 0 Å². The monoisotopic (exact) mass is 304 g/mol. The van der Waals surface area contributed by atoms with Crippen LogP contribution in [0.15, 0.2) is 29.6 Å². The lowest BCUT2D eigenvalue weighted by atomic mass is 10.1. The van der Waals surface area contributed by atoms with Gasteiger partial charge in [0.05, 0.1) is 18.3 Å². The van der Waals surface area contributed by atoms with Crippen LogP contribution >= 0.6 is 11.3 Å². The molecule has 0 fully saturated rings. The summed E-state index contributed by atoms with van der Waals surface area (Å²) in [6, 6.07) is 8.75. The number of thiazole rings is 1. The molecule has 0 aliphatic carbocycles. The van der Waals surface area contributed by atoms with Crippen LogP contribution in [0.25, 0.3) is 0 Å². The van der Waals surface area contributed by atoms with E-state index in [1.54, 1.807) is 18.4 Å². The minimum absolute atomic E-state index is 0.170. The Kier molecular flexibility index (Phi) is 5.91. The minimum atomic E-state index is 0.170. The Bertz CT molecular complexity index is 548. The second-order valence-corrected chi connectivity index (χ2v) is 6.32. The molecular weight excluding hydrogens is 280 g/mol. The Morgan fingerprint density at radius 1 is 1.24 bits per heavy atom. The maximum absolute atomic E-state index is 5.16. The van der Waals surface area contributed by atoms with E-state index in [2.05, 4.69) is 55.7 Å². The van der Waals surface area contributed by atoms with Crippen LogP contribution in [0.2, 0.25) is 0 Å². The predicted octanol–water partition coefficient (Wildman–Crippen LogP) is 4.11. The van der Waals surface area contributed by atoms with Crippen molar-refractivity contribution in [1.29, 1.82) is 0 Å². The van der Waals surface area contributed by atoms with E-state index in [1.165, 1.54) is 16.8 Å². The second kappa shape index (κ2) is 7.69. The Balaban J connectivity index is 2.24. The molecule has 1 aromatic heterocycles. The zero-order chi connectivity index (χ0) is 15.2. The number of methoxy groups -OCH3 is 1. The molecule has 2 rings (SSSR count). The summed E-state index contributed by atoms with van der Waals surface area (Å²) >= 11 is 1.74. The Morgan fingerprint density at radius 3 is 2.48 bits per heavy atom. The lowest BCUT2D eigenvalue weighted by Gasteiger charge is -2.16. The van der Waals surface area contributed by atoms with Crippen molar-refractivity contribution in [2.24, 2.45) is 0 Å². The number of aromatic nitrogens is 1. The zero-order valence-electron chi connectivity index (χ0n) is 13.2. The number of ether oxygens (including phenoxy) is 1. The molecular formula is C17H24N2OS. The molecule has 114 valence electrons. The van der Waals surface area contributed by atoms with Gasteiger partial charge in [-0.05, 0) is 23.6 Å².